The summed E-state index contributed by atoms with van der Waals surface area (Å²) in [4.78, 5) is 20.0. The molecule has 0 radical (unpaired) electrons. The van der Waals surface area contributed by atoms with Crippen molar-refractivity contribution in [1.29, 1.82) is 0 Å². The van der Waals surface area contributed by atoms with Gasteiger partial charge in [0.25, 0.3) is 0 Å². The van der Waals surface area contributed by atoms with Crippen LogP contribution in [0.1, 0.15) is 16.1 Å². The average molecular weight is 346 g/mol. The number of pyridine rings is 2. The van der Waals surface area contributed by atoms with E-state index < -0.39 is 5.97 Å². The molecule has 3 rings (SSSR count). The molecule has 0 saturated heterocycles. The third kappa shape index (κ3) is 2.67. The molecular formula is C15H12BrN3O2. The lowest BCUT2D eigenvalue weighted by Gasteiger charge is -2.05. The van der Waals surface area contributed by atoms with Crippen molar-refractivity contribution in [2.24, 2.45) is 0 Å². The highest BCUT2D eigenvalue weighted by Gasteiger charge is 2.13. The van der Waals surface area contributed by atoms with Gasteiger partial charge in [0.1, 0.15) is 5.65 Å². The van der Waals surface area contributed by atoms with Crippen LogP contribution in [0, 0.1) is 0 Å². The fourth-order valence-electron chi connectivity index (χ4n) is 2.14. The van der Waals surface area contributed by atoms with Crippen LogP contribution in [0.2, 0.25) is 0 Å². The molecule has 0 saturated carbocycles. The third-order valence-electron chi connectivity index (χ3n) is 3.17. The number of carbonyl (C=O) groups excluding carboxylic acids is 1. The molecule has 0 aliphatic rings. The van der Waals surface area contributed by atoms with E-state index in [2.05, 4.69) is 25.9 Å². The third-order valence-corrected chi connectivity index (χ3v) is 3.80. The Hall–Kier alpha value is -2.21. The zero-order valence-electron chi connectivity index (χ0n) is 11.3. The number of carbonyl (C=O) groups is 1. The van der Waals surface area contributed by atoms with Gasteiger partial charge >= 0.3 is 5.97 Å². The Labute approximate surface area is 129 Å². The van der Waals surface area contributed by atoms with Gasteiger partial charge in [-0.1, -0.05) is 0 Å². The SMILES string of the molecule is COC(=O)c1ccc2c(Br)cn(Cc3ccncc3)c2n1. The fraction of sp³-hybridized carbons (Fsp3) is 0.133. The van der Waals surface area contributed by atoms with Crippen molar-refractivity contribution in [3.8, 4) is 0 Å². The summed E-state index contributed by atoms with van der Waals surface area (Å²) in [5.74, 6) is -0.440. The molecule has 0 spiro atoms. The Bertz CT molecular complexity index is 799. The van der Waals surface area contributed by atoms with Crippen molar-refractivity contribution in [3.05, 3.63) is 58.6 Å². The lowest BCUT2D eigenvalue weighted by atomic mass is 10.2. The van der Waals surface area contributed by atoms with Crippen LogP contribution in [0.5, 0.6) is 0 Å². The molecule has 3 heterocycles. The second-order valence-corrected chi connectivity index (χ2v) is 5.37. The molecule has 0 bridgehead atoms. The van der Waals surface area contributed by atoms with Gasteiger partial charge in [0.15, 0.2) is 5.69 Å². The predicted octanol–water partition coefficient (Wildman–Crippen LogP) is 3.03. The second kappa shape index (κ2) is 5.65. The highest BCUT2D eigenvalue weighted by atomic mass is 79.9. The summed E-state index contributed by atoms with van der Waals surface area (Å²) in [6, 6.07) is 7.42. The number of aromatic nitrogens is 3. The van der Waals surface area contributed by atoms with Crippen LogP contribution in [0.3, 0.4) is 0 Å². The maximum absolute atomic E-state index is 11.6. The van der Waals surface area contributed by atoms with Gasteiger partial charge in [-0.15, -0.1) is 0 Å². The topological polar surface area (TPSA) is 57.0 Å². The maximum atomic E-state index is 11.6. The highest BCUT2D eigenvalue weighted by Crippen LogP contribution is 2.26. The molecule has 0 atom stereocenters. The molecule has 0 aliphatic heterocycles. The van der Waals surface area contributed by atoms with Crippen molar-refractivity contribution >= 4 is 32.9 Å². The van der Waals surface area contributed by atoms with Gasteiger partial charge in [-0.3, -0.25) is 4.98 Å². The molecule has 0 aromatic carbocycles. The molecule has 6 heteroatoms. The summed E-state index contributed by atoms with van der Waals surface area (Å²) in [6.45, 7) is 0.655. The van der Waals surface area contributed by atoms with E-state index in [-0.39, 0.29) is 0 Å². The predicted molar refractivity (Wildman–Crippen MR) is 82.1 cm³/mol. The summed E-state index contributed by atoms with van der Waals surface area (Å²) < 4.78 is 7.65. The van der Waals surface area contributed by atoms with Crippen molar-refractivity contribution in [2.75, 3.05) is 7.11 Å². The van der Waals surface area contributed by atoms with Crippen LogP contribution in [0.4, 0.5) is 0 Å². The number of hydrogen-bond acceptors (Lipinski definition) is 4. The Morgan fingerprint density at radius 3 is 2.76 bits per heavy atom. The van der Waals surface area contributed by atoms with Crippen LogP contribution >= 0.6 is 15.9 Å². The van der Waals surface area contributed by atoms with Crippen molar-refractivity contribution in [3.63, 3.8) is 0 Å². The van der Waals surface area contributed by atoms with Crippen LogP contribution in [0.25, 0.3) is 11.0 Å². The molecule has 5 nitrogen and oxygen atoms in total. The first-order valence-electron chi connectivity index (χ1n) is 6.31. The van der Waals surface area contributed by atoms with Crippen molar-refractivity contribution < 1.29 is 9.53 Å². The molecule has 0 fully saturated rings. The monoisotopic (exact) mass is 345 g/mol. The first-order valence-corrected chi connectivity index (χ1v) is 7.11. The highest BCUT2D eigenvalue weighted by molar-refractivity contribution is 9.10. The van der Waals surface area contributed by atoms with E-state index in [1.807, 2.05) is 29.0 Å². The minimum Gasteiger partial charge on any atom is -0.464 e. The van der Waals surface area contributed by atoms with Gasteiger partial charge in [-0.2, -0.15) is 0 Å². The number of nitrogens with zero attached hydrogens (tertiary/aromatic N) is 3. The number of rotatable bonds is 3. The van der Waals surface area contributed by atoms with Gasteiger partial charge in [0, 0.05) is 35.0 Å². The number of fused-ring (bicyclic) bond motifs is 1. The van der Waals surface area contributed by atoms with E-state index in [4.69, 9.17) is 4.74 Å². The second-order valence-electron chi connectivity index (χ2n) is 4.52. The molecule has 0 aliphatic carbocycles. The molecule has 106 valence electrons. The molecule has 0 unspecified atom stereocenters. The van der Waals surface area contributed by atoms with E-state index in [0.29, 0.717) is 12.2 Å². The minimum atomic E-state index is -0.440. The standard InChI is InChI=1S/C15H12BrN3O2/c1-21-15(20)13-3-2-11-12(16)9-19(14(11)18-13)8-10-4-6-17-7-5-10/h2-7,9H,8H2,1H3. The lowest BCUT2D eigenvalue weighted by molar-refractivity contribution is 0.0594. The number of esters is 1. The summed E-state index contributed by atoms with van der Waals surface area (Å²) in [7, 11) is 1.35. The average Bonchev–Trinajstić information content (AvgIpc) is 2.83. The Kier molecular flexibility index (Phi) is 3.70. The normalized spacial score (nSPS) is 10.8. The first-order chi connectivity index (χ1) is 10.2. The Balaban J connectivity index is 2.07. The molecule has 0 N–H and O–H groups in total. The van der Waals surface area contributed by atoms with Crippen LogP contribution in [-0.4, -0.2) is 27.6 Å². The van der Waals surface area contributed by atoms with Crippen molar-refractivity contribution in [2.45, 2.75) is 6.54 Å². The Morgan fingerprint density at radius 2 is 2.05 bits per heavy atom. The van der Waals surface area contributed by atoms with Gasteiger partial charge in [0.05, 0.1) is 7.11 Å². The lowest BCUT2D eigenvalue weighted by Crippen LogP contribution is -2.06. The zero-order valence-corrected chi connectivity index (χ0v) is 12.9. The first kappa shape index (κ1) is 13.8. The van der Waals surface area contributed by atoms with Gasteiger partial charge in [0.2, 0.25) is 0 Å². The summed E-state index contributed by atoms with van der Waals surface area (Å²) in [5.41, 5.74) is 2.15. The number of methoxy groups -OCH3 is 1. The molecule has 3 aromatic heterocycles. The van der Waals surface area contributed by atoms with E-state index in [9.17, 15) is 4.79 Å². The smallest absolute Gasteiger partial charge is 0.356 e. The van der Waals surface area contributed by atoms with E-state index in [1.165, 1.54) is 7.11 Å². The van der Waals surface area contributed by atoms with E-state index >= 15 is 0 Å². The maximum Gasteiger partial charge on any atom is 0.356 e. The van der Waals surface area contributed by atoms with Crippen LogP contribution < -0.4 is 0 Å². The van der Waals surface area contributed by atoms with E-state index in [1.54, 1.807) is 18.5 Å². The quantitative estimate of drug-likeness (QED) is 0.684. The molecule has 0 amide bonds. The fourth-order valence-corrected chi connectivity index (χ4v) is 2.70. The van der Waals surface area contributed by atoms with E-state index in [0.717, 1.165) is 21.1 Å². The van der Waals surface area contributed by atoms with Crippen LogP contribution in [-0.2, 0) is 11.3 Å². The van der Waals surface area contributed by atoms with Crippen LogP contribution in [0.15, 0.2) is 47.3 Å². The zero-order chi connectivity index (χ0) is 14.8. The van der Waals surface area contributed by atoms with Gasteiger partial charge in [-0.25, -0.2) is 9.78 Å². The molecule has 21 heavy (non-hydrogen) atoms. The van der Waals surface area contributed by atoms with Crippen molar-refractivity contribution in [1.82, 2.24) is 14.5 Å². The van der Waals surface area contributed by atoms with Gasteiger partial charge in [-0.05, 0) is 45.8 Å². The number of ether oxygens (including phenoxy) is 1. The minimum absolute atomic E-state index is 0.298. The Morgan fingerprint density at radius 1 is 1.29 bits per heavy atom. The molecular weight excluding hydrogens is 334 g/mol. The summed E-state index contributed by atoms with van der Waals surface area (Å²) >= 11 is 3.52. The number of halogens is 1. The largest absolute Gasteiger partial charge is 0.464 e. The number of hydrogen-bond donors (Lipinski definition) is 0. The van der Waals surface area contributed by atoms with Gasteiger partial charge < -0.3 is 9.30 Å². The summed E-state index contributed by atoms with van der Waals surface area (Å²) in [5, 5.41) is 0.955. The molecule has 3 aromatic rings. The summed E-state index contributed by atoms with van der Waals surface area (Å²) in [6.07, 6.45) is 5.46.